The summed E-state index contributed by atoms with van der Waals surface area (Å²) in [6.45, 7) is 2.26. The molecule has 2 heterocycles. The lowest BCUT2D eigenvalue weighted by Gasteiger charge is -2.38. The molecule has 0 aliphatic carbocycles. The Labute approximate surface area is 174 Å². The van der Waals surface area contributed by atoms with Crippen molar-refractivity contribution >= 4 is 10.1 Å². The third-order valence-electron chi connectivity index (χ3n) is 5.06. The molecule has 30 heavy (non-hydrogen) atoms. The zero-order valence-corrected chi connectivity index (χ0v) is 17.0. The molecule has 2 saturated heterocycles. The Hall–Kier alpha value is -2.46. The highest BCUT2D eigenvalue weighted by atomic mass is 32.2. The van der Waals surface area contributed by atoms with E-state index in [0.29, 0.717) is 0 Å². The third-order valence-corrected chi connectivity index (χ3v) is 6.38. The molecular formula is C20H21N3O6S. The quantitative estimate of drug-likeness (QED) is 0.288. The maximum absolute atomic E-state index is 12.9. The average molecular weight is 431 g/mol. The van der Waals surface area contributed by atoms with Gasteiger partial charge in [0.15, 0.2) is 6.29 Å². The first-order chi connectivity index (χ1) is 14.5. The van der Waals surface area contributed by atoms with Crippen molar-refractivity contribution in [3.05, 3.63) is 76.2 Å². The molecule has 2 fully saturated rings. The maximum Gasteiger partial charge on any atom is 0.297 e. The minimum absolute atomic E-state index is 0.00866. The predicted octanol–water partition coefficient (Wildman–Crippen LogP) is 3.09. The minimum Gasteiger partial charge on any atom is -0.368 e. The van der Waals surface area contributed by atoms with Gasteiger partial charge in [0.05, 0.1) is 18.1 Å². The number of hydrogen-bond acceptors (Lipinski definition) is 7. The first-order valence-electron chi connectivity index (χ1n) is 9.45. The van der Waals surface area contributed by atoms with Gasteiger partial charge in [-0.1, -0.05) is 53.1 Å². The van der Waals surface area contributed by atoms with Crippen LogP contribution in [0.15, 0.2) is 64.6 Å². The monoisotopic (exact) mass is 431 g/mol. The molecule has 10 heteroatoms. The van der Waals surface area contributed by atoms with Crippen LogP contribution in [0.2, 0.25) is 0 Å². The fourth-order valence-corrected chi connectivity index (χ4v) is 4.62. The predicted molar refractivity (Wildman–Crippen MR) is 106 cm³/mol. The zero-order chi connectivity index (χ0) is 21.1. The van der Waals surface area contributed by atoms with E-state index in [1.165, 1.54) is 12.1 Å². The van der Waals surface area contributed by atoms with E-state index in [0.717, 1.165) is 11.1 Å². The van der Waals surface area contributed by atoms with Crippen LogP contribution >= 0.6 is 0 Å². The number of nitrogens with zero attached hydrogens (tertiary/aromatic N) is 3. The van der Waals surface area contributed by atoms with Crippen molar-refractivity contribution in [2.75, 3.05) is 6.61 Å². The van der Waals surface area contributed by atoms with Gasteiger partial charge in [0.2, 0.25) is 0 Å². The highest BCUT2D eigenvalue weighted by molar-refractivity contribution is 7.86. The molecule has 2 aliphatic heterocycles. The Bertz CT molecular complexity index is 1020. The van der Waals surface area contributed by atoms with Gasteiger partial charge >= 0.3 is 0 Å². The summed E-state index contributed by atoms with van der Waals surface area (Å²) in [4.78, 5) is 2.84. The lowest BCUT2D eigenvalue weighted by molar-refractivity contribution is -0.188. The Kier molecular flexibility index (Phi) is 6.05. The molecular weight excluding hydrogens is 410 g/mol. The van der Waals surface area contributed by atoms with E-state index in [-0.39, 0.29) is 18.1 Å². The Morgan fingerprint density at radius 2 is 1.87 bits per heavy atom. The third kappa shape index (κ3) is 4.34. The van der Waals surface area contributed by atoms with E-state index in [4.69, 9.17) is 23.9 Å². The van der Waals surface area contributed by atoms with Crippen molar-refractivity contribution in [3.8, 4) is 0 Å². The van der Waals surface area contributed by atoms with Crippen LogP contribution in [0, 0.1) is 6.92 Å². The second kappa shape index (κ2) is 8.73. The molecule has 0 saturated carbocycles. The molecule has 0 unspecified atom stereocenters. The van der Waals surface area contributed by atoms with E-state index < -0.39 is 40.8 Å². The normalized spacial score (nSPS) is 28.1. The Morgan fingerprint density at radius 1 is 1.13 bits per heavy atom. The highest BCUT2D eigenvalue weighted by Crippen LogP contribution is 2.35. The first-order valence-corrected chi connectivity index (χ1v) is 10.9. The van der Waals surface area contributed by atoms with E-state index in [1.807, 2.05) is 37.3 Å². The van der Waals surface area contributed by atoms with Crippen molar-refractivity contribution in [3.63, 3.8) is 0 Å². The number of hydrogen-bond donors (Lipinski definition) is 0. The summed E-state index contributed by atoms with van der Waals surface area (Å²) in [5.41, 5.74) is 10.8. The van der Waals surface area contributed by atoms with Crippen molar-refractivity contribution < 1.29 is 26.8 Å². The van der Waals surface area contributed by atoms with E-state index >= 15 is 0 Å². The molecule has 0 spiro atoms. The maximum atomic E-state index is 12.9. The number of ether oxygens (including phenoxy) is 3. The number of rotatable bonds is 7. The van der Waals surface area contributed by atoms with Crippen LogP contribution in [0.3, 0.4) is 0 Å². The Morgan fingerprint density at radius 3 is 2.57 bits per heavy atom. The van der Waals surface area contributed by atoms with Crippen LogP contribution in [0.1, 0.15) is 11.1 Å². The fraction of sp³-hybridized carbons (Fsp3) is 0.400. The van der Waals surface area contributed by atoms with Gasteiger partial charge < -0.3 is 14.2 Å². The van der Waals surface area contributed by atoms with Crippen LogP contribution < -0.4 is 0 Å². The van der Waals surface area contributed by atoms with Crippen molar-refractivity contribution in [2.45, 2.75) is 49.1 Å². The van der Waals surface area contributed by atoms with Gasteiger partial charge in [-0.2, -0.15) is 8.42 Å². The lowest BCUT2D eigenvalue weighted by Crippen LogP contribution is -2.55. The molecule has 2 bridgehead atoms. The molecule has 2 aromatic carbocycles. The second-order valence-corrected chi connectivity index (χ2v) is 8.73. The number of benzene rings is 2. The summed E-state index contributed by atoms with van der Waals surface area (Å²) in [7, 11) is -4.14. The van der Waals surface area contributed by atoms with Gasteiger partial charge in [-0.05, 0) is 30.2 Å². The minimum atomic E-state index is -4.14. The topological polar surface area (TPSA) is 120 Å². The molecule has 2 aromatic rings. The van der Waals surface area contributed by atoms with Crippen LogP contribution in [-0.4, -0.2) is 45.7 Å². The van der Waals surface area contributed by atoms with E-state index in [1.54, 1.807) is 12.1 Å². The molecule has 5 atom stereocenters. The number of aryl methyl sites for hydroxylation is 1. The molecule has 0 radical (unpaired) electrons. The van der Waals surface area contributed by atoms with Gasteiger partial charge in [-0.25, -0.2) is 0 Å². The molecule has 0 N–H and O–H groups in total. The molecule has 0 aromatic heterocycles. The SMILES string of the molecule is Cc1ccc(S(=O)(=O)O[C@@H]2[C@@H](N=[N+]=[N-])[C@H]3OC[C@@H](O3)[C@H]2OCc2ccccc2)cc1. The van der Waals surface area contributed by atoms with Crippen LogP contribution in [0.25, 0.3) is 10.4 Å². The zero-order valence-electron chi connectivity index (χ0n) is 16.2. The summed E-state index contributed by atoms with van der Waals surface area (Å²) < 4.78 is 48.7. The van der Waals surface area contributed by atoms with Crippen LogP contribution in [-0.2, 0) is 35.1 Å². The second-order valence-electron chi connectivity index (χ2n) is 7.16. The first kappa shape index (κ1) is 20.8. The molecule has 2 aliphatic rings. The summed E-state index contributed by atoms with van der Waals surface area (Å²) in [5.74, 6) is 0. The van der Waals surface area contributed by atoms with Crippen molar-refractivity contribution in [1.29, 1.82) is 0 Å². The van der Waals surface area contributed by atoms with Crippen LogP contribution in [0.4, 0.5) is 0 Å². The number of fused-ring (bicyclic) bond motifs is 2. The van der Waals surface area contributed by atoms with Gasteiger partial charge in [0.1, 0.15) is 24.4 Å². The summed E-state index contributed by atoms with van der Waals surface area (Å²) in [6.07, 6.45) is -3.33. The van der Waals surface area contributed by atoms with Gasteiger partial charge in [-0.3, -0.25) is 4.18 Å². The van der Waals surface area contributed by atoms with Gasteiger partial charge in [-0.15, -0.1) is 0 Å². The van der Waals surface area contributed by atoms with Gasteiger partial charge in [0.25, 0.3) is 10.1 Å². The summed E-state index contributed by atoms with van der Waals surface area (Å²) >= 11 is 0. The van der Waals surface area contributed by atoms with E-state index in [9.17, 15) is 8.42 Å². The van der Waals surface area contributed by atoms with Crippen LogP contribution in [0.5, 0.6) is 0 Å². The molecule has 158 valence electrons. The van der Waals surface area contributed by atoms with Crippen molar-refractivity contribution in [1.82, 2.24) is 0 Å². The summed E-state index contributed by atoms with van der Waals surface area (Å²) in [5, 5.41) is 3.70. The average Bonchev–Trinajstić information content (AvgIpc) is 3.17. The molecule has 0 amide bonds. The van der Waals surface area contributed by atoms with Gasteiger partial charge in [0, 0.05) is 4.91 Å². The standard InChI is InChI=1S/C20H21N3O6S/c1-13-7-9-15(10-8-13)30(24,25)29-19-17(22-23-21)20-27-12-16(28-20)18(19)26-11-14-5-3-2-4-6-14/h2-10,16-20H,11-12H2,1H3/t16-,17-,18-,19-,20+/m1/s1. The molecule has 9 nitrogen and oxygen atoms in total. The molecule has 4 rings (SSSR count). The largest absolute Gasteiger partial charge is 0.368 e. The smallest absolute Gasteiger partial charge is 0.297 e. The summed E-state index contributed by atoms with van der Waals surface area (Å²) in [6, 6.07) is 14.7. The fourth-order valence-electron chi connectivity index (χ4n) is 3.52. The van der Waals surface area contributed by atoms with E-state index in [2.05, 4.69) is 10.0 Å². The Balaban J connectivity index is 1.62. The number of azide groups is 1. The van der Waals surface area contributed by atoms with Crippen molar-refractivity contribution in [2.24, 2.45) is 5.11 Å². The highest BCUT2D eigenvalue weighted by Gasteiger charge is 2.53. The lowest BCUT2D eigenvalue weighted by atomic mass is 9.99.